The molecule has 2 bridgehead atoms. The number of hydrogen-bond donors (Lipinski definition) is 2. The molecule has 0 radical (unpaired) electrons. The molecule has 12 nitrogen and oxygen atoms in total. The molecule has 14 heteroatoms. The number of rotatable bonds is 8. The van der Waals surface area contributed by atoms with Gasteiger partial charge in [0.2, 0.25) is 0 Å². The van der Waals surface area contributed by atoms with Crippen LogP contribution in [0.3, 0.4) is 0 Å². The van der Waals surface area contributed by atoms with Crippen molar-refractivity contribution < 1.29 is 33.5 Å². The molecule has 3 N–H and O–H groups in total. The number of fused-ring (bicyclic) bond motifs is 4. The number of methoxy groups -OCH3 is 1. The number of thioether (sulfide) groups is 1. The number of aliphatic carboxylic acids is 1. The number of quaternary nitrogens is 1. The SMILES string of the molecule is CO/N=C(\C(=O)N[C@@H]1C(=O)N2C(C(=O)[O-])=C(C[N+]34CCC(CC3)C(OC)C4)CS[C@H]12)c1csc(N)n1. The van der Waals surface area contributed by atoms with Crippen LogP contribution < -0.4 is 16.2 Å². The number of carbonyl (C=O) groups is 3. The molecule has 3 atom stereocenters. The van der Waals surface area contributed by atoms with Crippen LogP contribution in [-0.2, 0) is 24.0 Å². The number of anilines is 1. The molecule has 1 aromatic rings. The van der Waals surface area contributed by atoms with E-state index in [1.165, 1.54) is 23.8 Å². The van der Waals surface area contributed by atoms with E-state index in [0.717, 1.165) is 48.3 Å². The number of nitrogen functional groups attached to an aromatic ring is 1. The molecule has 0 spiro atoms. The number of nitrogens with zero attached hydrogens (tertiary/aromatic N) is 4. The van der Waals surface area contributed by atoms with Crippen LogP contribution in [0.4, 0.5) is 5.13 Å². The average Bonchev–Trinajstić information content (AvgIpc) is 3.31. The fourth-order valence-electron chi connectivity index (χ4n) is 5.81. The van der Waals surface area contributed by atoms with Crippen molar-refractivity contribution in [1.82, 2.24) is 15.2 Å². The van der Waals surface area contributed by atoms with Crippen LogP contribution in [0.5, 0.6) is 0 Å². The molecule has 5 aliphatic heterocycles. The summed E-state index contributed by atoms with van der Waals surface area (Å²) in [4.78, 5) is 48.3. The number of oxime groups is 1. The summed E-state index contributed by atoms with van der Waals surface area (Å²) in [6, 6.07) is -0.910. The Morgan fingerprint density at radius 3 is 2.72 bits per heavy atom. The van der Waals surface area contributed by atoms with Crippen molar-refractivity contribution in [3.05, 3.63) is 22.3 Å². The molecule has 6 heterocycles. The fraction of sp³-hybridized carbons (Fsp3) is 0.591. The maximum absolute atomic E-state index is 13.1. The highest BCUT2D eigenvalue weighted by atomic mass is 32.2. The molecule has 5 aliphatic rings. The third-order valence-electron chi connectivity index (χ3n) is 7.56. The minimum absolute atomic E-state index is 0.0681. The molecule has 2 amide bonds. The van der Waals surface area contributed by atoms with Crippen LogP contribution in [0.25, 0.3) is 0 Å². The minimum atomic E-state index is -1.37. The summed E-state index contributed by atoms with van der Waals surface area (Å²) in [6.07, 6.45) is 2.27. The third-order valence-corrected chi connectivity index (χ3v) is 9.57. The van der Waals surface area contributed by atoms with Gasteiger partial charge in [-0.25, -0.2) is 4.98 Å². The molecule has 1 unspecified atom stereocenters. The summed E-state index contributed by atoms with van der Waals surface area (Å²) in [5.74, 6) is -1.54. The summed E-state index contributed by atoms with van der Waals surface area (Å²) in [6.45, 7) is 3.33. The molecule has 4 fully saturated rings. The number of nitrogens with one attached hydrogen (secondary N) is 1. The first kappa shape index (κ1) is 25.0. The van der Waals surface area contributed by atoms with Gasteiger partial charge in [-0.05, 0) is 0 Å². The number of piperidine rings is 3. The number of carbonyl (C=O) groups excluding carboxylic acids is 3. The van der Waals surface area contributed by atoms with Gasteiger partial charge in [0, 0.05) is 42.6 Å². The second-order valence-corrected chi connectivity index (χ2v) is 11.5. The topological polar surface area (TPSA) is 159 Å². The molecule has 0 saturated carbocycles. The van der Waals surface area contributed by atoms with Gasteiger partial charge in [-0.3, -0.25) is 14.5 Å². The first-order valence-corrected chi connectivity index (χ1v) is 13.6. The van der Waals surface area contributed by atoms with Crippen LogP contribution in [0.15, 0.2) is 21.8 Å². The molecule has 1 aromatic heterocycles. The predicted octanol–water partition coefficient (Wildman–Crippen LogP) is -1.26. The first-order chi connectivity index (χ1) is 17.3. The number of aromatic nitrogens is 1. The summed E-state index contributed by atoms with van der Waals surface area (Å²) in [7, 11) is 3.02. The van der Waals surface area contributed by atoms with Gasteiger partial charge in [0.25, 0.3) is 11.8 Å². The van der Waals surface area contributed by atoms with Crippen molar-refractivity contribution in [3.8, 4) is 0 Å². The van der Waals surface area contributed by atoms with Gasteiger partial charge in [-0.15, -0.1) is 23.1 Å². The summed E-state index contributed by atoms with van der Waals surface area (Å²) < 4.78 is 6.47. The van der Waals surface area contributed by atoms with Gasteiger partial charge in [0.15, 0.2) is 10.8 Å². The number of thiazole rings is 1. The Balaban J connectivity index is 1.33. The Labute approximate surface area is 216 Å². The zero-order valence-corrected chi connectivity index (χ0v) is 21.6. The van der Waals surface area contributed by atoms with Crippen molar-refractivity contribution in [2.75, 3.05) is 51.9 Å². The number of ether oxygens (including phenoxy) is 1. The van der Waals surface area contributed by atoms with Crippen molar-refractivity contribution in [1.29, 1.82) is 0 Å². The number of nitrogens with two attached hydrogens (primary N) is 1. The molecule has 6 rings (SSSR count). The molecule has 4 saturated heterocycles. The maximum Gasteiger partial charge on any atom is 0.276 e. The largest absolute Gasteiger partial charge is 0.543 e. The van der Waals surface area contributed by atoms with E-state index in [-0.39, 0.29) is 28.3 Å². The van der Waals surface area contributed by atoms with E-state index in [4.69, 9.17) is 15.3 Å². The van der Waals surface area contributed by atoms with Gasteiger partial charge in [-0.1, -0.05) is 5.16 Å². The Morgan fingerprint density at radius 1 is 1.36 bits per heavy atom. The van der Waals surface area contributed by atoms with Crippen LogP contribution >= 0.6 is 23.1 Å². The highest BCUT2D eigenvalue weighted by Gasteiger charge is 2.54. The molecular formula is C22H28N6O6S2. The number of amides is 2. The van der Waals surface area contributed by atoms with E-state index in [1.807, 2.05) is 0 Å². The van der Waals surface area contributed by atoms with Crippen molar-refractivity contribution in [2.24, 2.45) is 11.1 Å². The summed E-state index contributed by atoms with van der Waals surface area (Å²) >= 11 is 2.57. The third kappa shape index (κ3) is 4.25. The fourth-order valence-corrected chi connectivity index (χ4v) is 7.69. The molecule has 0 aromatic carbocycles. The zero-order chi connectivity index (χ0) is 25.6. The van der Waals surface area contributed by atoms with Crippen LogP contribution in [0.2, 0.25) is 0 Å². The van der Waals surface area contributed by atoms with E-state index in [2.05, 4.69) is 15.5 Å². The van der Waals surface area contributed by atoms with E-state index >= 15 is 0 Å². The molecule has 194 valence electrons. The van der Waals surface area contributed by atoms with Crippen LogP contribution in [-0.4, -0.2) is 102 Å². The van der Waals surface area contributed by atoms with Crippen molar-refractivity contribution in [2.45, 2.75) is 30.4 Å². The lowest BCUT2D eigenvalue weighted by atomic mass is 9.82. The Bertz CT molecular complexity index is 1140. The van der Waals surface area contributed by atoms with Gasteiger partial charge in [0.05, 0.1) is 24.8 Å². The normalized spacial score (nSPS) is 31.7. The Hall–Kier alpha value is -2.68. The Kier molecular flexibility index (Phi) is 6.70. The highest BCUT2D eigenvalue weighted by Crippen LogP contribution is 2.43. The monoisotopic (exact) mass is 536 g/mol. The van der Waals surface area contributed by atoms with Gasteiger partial charge in [0.1, 0.15) is 43.4 Å². The van der Waals surface area contributed by atoms with Crippen LogP contribution in [0, 0.1) is 5.92 Å². The number of hydrogen-bond acceptors (Lipinski definition) is 11. The van der Waals surface area contributed by atoms with Gasteiger partial charge >= 0.3 is 0 Å². The zero-order valence-electron chi connectivity index (χ0n) is 20.0. The van der Waals surface area contributed by atoms with E-state index in [9.17, 15) is 19.5 Å². The second-order valence-electron chi connectivity index (χ2n) is 9.54. The Morgan fingerprint density at radius 2 is 2.11 bits per heavy atom. The number of β-lactam (4-membered cyclic amide) rings is 1. The standard InChI is InChI=1S/C22H28N6O6S2/c1-33-14-8-28(5-3-11(14)4-6-28)7-12-9-35-20-16(19(30)27(20)17(12)21(31)32)25-18(29)15(26-34-2)13-10-36-22(23)24-13/h10-11,14,16,20H,3-9H2,1-2H3,(H3-,23,24,25,29,31,32)/b26-15-/t11?,14?,16-,20-,28?/m1/s1. The van der Waals surface area contributed by atoms with E-state index in [0.29, 0.717) is 23.8 Å². The maximum atomic E-state index is 13.1. The summed E-state index contributed by atoms with van der Waals surface area (Å²) in [5, 5.41) is 19.9. The molecule has 0 aliphatic carbocycles. The lowest BCUT2D eigenvalue weighted by Crippen LogP contribution is -2.72. The van der Waals surface area contributed by atoms with Gasteiger partial charge in [-0.2, -0.15) is 0 Å². The average molecular weight is 537 g/mol. The van der Waals surface area contributed by atoms with Gasteiger partial charge < -0.3 is 35.0 Å². The molecule has 36 heavy (non-hydrogen) atoms. The second kappa shape index (κ2) is 9.65. The van der Waals surface area contributed by atoms with Crippen molar-refractivity contribution in [3.63, 3.8) is 0 Å². The quantitative estimate of drug-likeness (QED) is 0.179. The lowest BCUT2D eigenvalue weighted by molar-refractivity contribution is -0.942. The molecular weight excluding hydrogens is 508 g/mol. The lowest BCUT2D eigenvalue weighted by Gasteiger charge is -2.54. The van der Waals surface area contributed by atoms with Crippen LogP contribution in [0.1, 0.15) is 18.5 Å². The first-order valence-electron chi connectivity index (χ1n) is 11.7. The number of carboxylic acids is 1. The van der Waals surface area contributed by atoms with E-state index < -0.39 is 29.2 Å². The highest BCUT2D eigenvalue weighted by molar-refractivity contribution is 8.00. The number of carboxylic acid groups (broad SMARTS) is 1. The minimum Gasteiger partial charge on any atom is -0.543 e. The summed E-state index contributed by atoms with van der Waals surface area (Å²) in [5.41, 5.74) is 6.40. The van der Waals surface area contributed by atoms with E-state index in [1.54, 1.807) is 12.5 Å². The smallest absolute Gasteiger partial charge is 0.276 e. The predicted molar refractivity (Wildman–Crippen MR) is 130 cm³/mol. The van der Waals surface area contributed by atoms with Crippen molar-refractivity contribution >= 4 is 51.7 Å².